The first-order valence-corrected chi connectivity index (χ1v) is 11.4. The molecule has 2 N–H and O–H groups in total. The summed E-state index contributed by atoms with van der Waals surface area (Å²) in [6.07, 6.45) is -5.27. The lowest BCUT2D eigenvalue weighted by atomic mass is 9.97. The maximum atomic E-state index is 11.8. The topological polar surface area (TPSA) is 113 Å². The molecular formula is C21H25O9P. The number of benzene rings is 2. The Morgan fingerprint density at radius 1 is 1.00 bits per heavy atom. The SMILES string of the molecule is CO[C@@H]1O[C@@H]2COC(c3ccccc3)O[C@@H]2[C@H](OP(=O)(O)O)[C@H]1OCc1ccccc1. The van der Waals surface area contributed by atoms with Crippen molar-refractivity contribution < 1.29 is 42.6 Å². The fraction of sp³-hybridized carbons (Fsp3) is 0.429. The fourth-order valence-corrected chi connectivity index (χ4v) is 4.29. The van der Waals surface area contributed by atoms with E-state index < -0.39 is 44.8 Å². The molecule has 0 amide bonds. The van der Waals surface area contributed by atoms with Crippen LogP contribution in [0.5, 0.6) is 0 Å². The fourth-order valence-electron chi connectivity index (χ4n) is 3.74. The molecule has 2 saturated heterocycles. The van der Waals surface area contributed by atoms with Crippen LogP contribution in [-0.4, -0.2) is 54.2 Å². The molecule has 0 aliphatic carbocycles. The van der Waals surface area contributed by atoms with Crippen LogP contribution >= 0.6 is 7.82 Å². The minimum Gasteiger partial charge on any atom is -0.365 e. The summed E-state index contributed by atoms with van der Waals surface area (Å²) in [4.78, 5) is 19.1. The third-order valence-corrected chi connectivity index (χ3v) is 5.65. The lowest BCUT2D eigenvalue weighted by Gasteiger charge is -2.48. The number of fused-ring (bicyclic) bond motifs is 1. The van der Waals surface area contributed by atoms with Gasteiger partial charge in [0.25, 0.3) is 0 Å². The van der Waals surface area contributed by atoms with Crippen molar-refractivity contribution in [2.75, 3.05) is 13.7 Å². The van der Waals surface area contributed by atoms with Crippen LogP contribution in [-0.2, 0) is 39.4 Å². The number of methoxy groups -OCH3 is 1. The summed E-state index contributed by atoms with van der Waals surface area (Å²) < 4.78 is 46.1. The van der Waals surface area contributed by atoms with Crippen LogP contribution < -0.4 is 0 Å². The van der Waals surface area contributed by atoms with E-state index in [0.717, 1.165) is 11.1 Å². The first-order valence-electron chi connectivity index (χ1n) is 9.84. The Balaban J connectivity index is 1.58. The number of ether oxygens (including phenoxy) is 5. The van der Waals surface area contributed by atoms with Gasteiger partial charge in [-0.15, -0.1) is 0 Å². The van der Waals surface area contributed by atoms with Crippen LogP contribution in [0.4, 0.5) is 0 Å². The molecule has 4 rings (SSSR count). The normalized spacial score (nSPS) is 31.2. The molecule has 2 fully saturated rings. The quantitative estimate of drug-likeness (QED) is 0.612. The first-order chi connectivity index (χ1) is 14.9. The zero-order valence-corrected chi connectivity index (χ0v) is 17.7. The molecule has 2 heterocycles. The zero-order valence-electron chi connectivity index (χ0n) is 16.9. The lowest BCUT2D eigenvalue weighted by molar-refractivity contribution is -0.361. The Labute approximate surface area is 180 Å². The minimum absolute atomic E-state index is 0.135. The van der Waals surface area contributed by atoms with Crippen molar-refractivity contribution in [2.24, 2.45) is 0 Å². The second-order valence-electron chi connectivity index (χ2n) is 7.28. The van der Waals surface area contributed by atoms with E-state index >= 15 is 0 Å². The highest BCUT2D eigenvalue weighted by Gasteiger charge is 2.53. The van der Waals surface area contributed by atoms with E-state index in [1.807, 2.05) is 60.7 Å². The van der Waals surface area contributed by atoms with Crippen molar-refractivity contribution in [1.82, 2.24) is 0 Å². The number of phosphoric acid groups is 1. The summed E-state index contributed by atoms with van der Waals surface area (Å²) in [5.41, 5.74) is 1.65. The van der Waals surface area contributed by atoms with Crippen molar-refractivity contribution in [3.05, 3.63) is 71.8 Å². The van der Waals surface area contributed by atoms with Crippen LogP contribution in [0, 0.1) is 0 Å². The Hall–Kier alpha value is -1.65. The maximum absolute atomic E-state index is 11.8. The molecule has 0 aromatic heterocycles. The van der Waals surface area contributed by atoms with Gasteiger partial charge in [0, 0.05) is 12.7 Å². The number of phosphoric ester groups is 1. The largest absolute Gasteiger partial charge is 0.470 e. The summed E-state index contributed by atoms with van der Waals surface area (Å²) in [5.74, 6) is 0. The summed E-state index contributed by atoms with van der Waals surface area (Å²) in [6, 6.07) is 18.6. The van der Waals surface area contributed by atoms with Gasteiger partial charge in [0.2, 0.25) is 0 Å². The molecule has 0 bridgehead atoms. The van der Waals surface area contributed by atoms with E-state index in [1.54, 1.807) is 0 Å². The number of hydrogen-bond acceptors (Lipinski definition) is 7. The van der Waals surface area contributed by atoms with Crippen molar-refractivity contribution >= 4 is 7.82 Å². The van der Waals surface area contributed by atoms with E-state index in [9.17, 15) is 14.4 Å². The summed E-state index contributed by atoms with van der Waals surface area (Å²) in [6.45, 7) is 0.308. The summed E-state index contributed by atoms with van der Waals surface area (Å²) >= 11 is 0. The molecule has 2 aliphatic rings. The lowest BCUT2D eigenvalue weighted by Crippen LogP contribution is -2.63. The van der Waals surface area contributed by atoms with Crippen LogP contribution in [0.25, 0.3) is 0 Å². The third kappa shape index (κ3) is 5.59. The summed E-state index contributed by atoms with van der Waals surface area (Å²) in [5, 5.41) is 0. The predicted molar refractivity (Wildman–Crippen MR) is 108 cm³/mol. The highest BCUT2D eigenvalue weighted by atomic mass is 31.2. The molecule has 168 valence electrons. The number of rotatable bonds is 7. The van der Waals surface area contributed by atoms with Gasteiger partial charge < -0.3 is 33.5 Å². The van der Waals surface area contributed by atoms with Gasteiger partial charge in [-0.2, -0.15) is 0 Å². The molecule has 2 aromatic rings. The maximum Gasteiger partial charge on any atom is 0.470 e. The average molecular weight is 452 g/mol. The average Bonchev–Trinajstić information content (AvgIpc) is 2.78. The molecule has 2 aromatic carbocycles. The Kier molecular flexibility index (Phi) is 7.18. The molecule has 6 atom stereocenters. The Morgan fingerprint density at radius 2 is 1.68 bits per heavy atom. The molecule has 0 saturated carbocycles. The van der Waals surface area contributed by atoms with E-state index in [-0.39, 0.29) is 13.2 Å². The standard InChI is InChI=1S/C21H25O9P/c1-25-21-19(26-12-14-8-4-2-5-9-14)18(30-31(22,23)24)17-16(28-21)13-27-20(29-17)15-10-6-3-7-11-15/h2-11,16-21H,12-13H2,1H3,(H2,22,23,24)/t16-,17+,18+,19-,20?,21-/m1/s1. The molecule has 0 radical (unpaired) electrons. The van der Waals surface area contributed by atoms with Crippen LogP contribution in [0.2, 0.25) is 0 Å². The van der Waals surface area contributed by atoms with E-state index in [4.69, 9.17) is 28.2 Å². The molecule has 2 aliphatic heterocycles. The molecule has 1 unspecified atom stereocenters. The van der Waals surface area contributed by atoms with Gasteiger partial charge in [-0.25, -0.2) is 4.57 Å². The van der Waals surface area contributed by atoms with Gasteiger partial charge in [0.05, 0.1) is 13.2 Å². The second-order valence-corrected chi connectivity index (χ2v) is 8.47. The van der Waals surface area contributed by atoms with Gasteiger partial charge in [-0.3, -0.25) is 4.52 Å². The van der Waals surface area contributed by atoms with Crippen LogP contribution in [0.3, 0.4) is 0 Å². The van der Waals surface area contributed by atoms with E-state index in [2.05, 4.69) is 0 Å². The van der Waals surface area contributed by atoms with Crippen LogP contribution in [0.15, 0.2) is 60.7 Å². The van der Waals surface area contributed by atoms with Gasteiger partial charge in [-0.05, 0) is 5.56 Å². The van der Waals surface area contributed by atoms with Gasteiger partial charge in [0.15, 0.2) is 12.6 Å². The molecular weight excluding hydrogens is 427 g/mol. The highest BCUT2D eigenvalue weighted by Crippen LogP contribution is 2.45. The van der Waals surface area contributed by atoms with E-state index in [0.29, 0.717) is 0 Å². The molecule has 9 nitrogen and oxygen atoms in total. The zero-order chi connectivity index (χ0) is 21.8. The molecule has 10 heteroatoms. The predicted octanol–water partition coefficient (Wildman–Crippen LogP) is 2.54. The van der Waals surface area contributed by atoms with Crippen molar-refractivity contribution in [3.63, 3.8) is 0 Å². The van der Waals surface area contributed by atoms with Crippen LogP contribution in [0.1, 0.15) is 17.4 Å². The monoisotopic (exact) mass is 452 g/mol. The van der Waals surface area contributed by atoms with Crippen molar-refractivity contribution in [1.29, 1.82) is 0 Å². The Bertz CT molecular complexity index is 869. The molecule has 0 spiro atoms. The van der Waals surface area contributed by atoms with Gasteiger partial charge >= 0.3 is 7.82 Å². The number of hydrogen-bond donors (Lipinski definition) is 2. The van der Waals surface area contributed by atoms with Gasteiger partial charge in [0.1, 0.15) is 24.4 Å². The highest BCUT2D eigenvalue weighted by molar-refractivity contribution is 7.46. The van der Waals surface area contributed by atoms with Gasteiger partial charge in [-0.1, -0.05) is 60.7 Å². The third-order valence-electron chi connectivity index (χ3n) is 5.13. The van der Waals surface area contributed by atoms with Crippen molar-refractivity contribution in [3.8, 4) is 0 Å². The van der Waals surface area contributed by atoms with Crippen molar-refractivity contribution in [2.45, 2.75) is 43.6 Å². The smallest absolute Gasteiger partial charge is 0.365 e. The molecule has 31 heavy (non-hydrogen) atoms. The minimum atomic E-state index is -4.87. The summed E-state index contributed by atoms with van der Waals surface area (Å²) in [7, 11) is -3.44. The Morgan fingerprint density at radius 3 is 2.32 bits per heavy atom. The van der Waals surface area contributed by atoms with E-state index in [1.165, 1.54) is 7.11 Å². The first kappa shape index (κ1) is 22.5. The second kappa shape index (κ2) is 9.87.